The van der Waals surface area contributed by atoms with Gasteiger partial charge in [-0.15, -0.1) is 10.2 Å². The lowest BCUT2D eigenvalue weighted by molar-refractivity contribution is -0.137. The Morgan fingerprint density at radius 2 is 1.42 bits per heavy atom. The Labute approximate surface area is 192 Å². The van der Waals surface area contributed by atoms with E-state index in [9.17, 15) is 18.3 Å². The first-order valence-corrected chi connectivity index (χ1v) is 11.4. The maximum Gasteiger partial charge on any atom is 0.416 e. The molecule has 178 valence electrons. The van der Waals surface area contributed by atoms with Gasteiger partial charge in [0.25, 0.3) is 0 Å². The first kappa shape index (κ1) is 24.9. The van der Waals surface area contributed by atoms with Crippen molar-refractivity contribution in [2.24, 2.45) is 0 Å². The van der Waals surface area contributed by atoms with Crippen LogP contribution in [0, 0.1) is 0 Å². The van der Waals surface area contributed by atoms with Gasteiger partial charge in [0.2, 0.25) is 0 Å². The zero-order chi connectivity index (χ0) is 23.8. The molecule has 3 rings (SSSR count). The SMILES string of the molecule is CCN(CC)CCCCc1nnc(CO)n1Cc1ccc(-c2ccc(C(F)(F)F)cc2)cc1. The zero-order valence-corrected chi connectivity index (χ0v) is 19.1. The Morgan fingerprint density at radius 3 is 1.97 bits per heavy atom. The van der Waals surface area contributed by atoms with E-state index in [2.05, 4.69) is 28.9 Å². The van der Waals surface area contributed by atoms with Crippen LogP contribution < -0.4 is 0 Å². The molecule has 0 saturated heterocycles. The van der Waals surface area contributed by atoms with Gasteiger partial charge in [0, 0.05) is 6.42 Å². The molecular weight excluding hydrogens is 429 g/mol. The van der Waals surface area contributed by atoms with Crippen LogP contribution >= 0.6 is 0 Å². The number of rotatable bonds is 11. The number of halogens is 3. The fourth-order valence-corrected chi connectivity index (χ4v) is 3.85. The third-order valence-corrected chi connectivity index (χ3v) is 5.90. The van der Waals surface area contributed by atoms with Crippen molar-refractivity contribution in [2.45, 2.75) is 52.4 Å². The fraction of sp³-hybridized carbons (Fsp3) is 0.440. The van der Waals surface area contributed by atoms with Gasteiger partial charge in [0.1, 0.15) is 12.4 Å². The monoisotopic (exact) mass is 460 g/mol. The lowest BCUT2D eigenvalue weighted by Gasteiger charge is -2.17. The van der Waals surface area contributed by atoms with Crippen molar-refractivity contribution in [3.63, 3.8) is 0 Å². The number of hydrogen-bond acceptors (Lipinski definition) is 4. The van der Waals surface area contributed by atoms with Crippen molar-refractivity contribution in [1.82, 2.24) is 19.7 Å². The average Bonchev–Trinajstić information content (AvgIpc) is 3.20. The maximum atomic E-state index is 12.8. The van der Waals surface area contributed by atoms with Crippen LogP contribution in [0.15, 0.2) is 48.5 Å². The number of alkyl halides is 3. The second-order valence-electron chi connectivity index (χ2n) is 8.03. The van der Waals surface area contributed by atoms with E-state index < -0.39 is 11.7 Å². The molecule has 33 heavy (non-hydrogen) atoms. The highest BCUT2D eigenvalue weighted by molar-refractivity contribution is 5.64. The molecule has 0 fully saturated rings. The van der Waals surface area contributed by atoms with Crippen LogP contribution in [0.4, 0.5) is 13.2 Å². The molecule has 1 aromatic heterocycles. The smallest absolute Gasteiger partial charge is 0.388 e. The van der Waals surface area contributed by atoms with Crippen molar-refractivity contribution in [3.05, 3.63) is 71.3 Å². The number of nitrogens with zero attached hydrogens (tertiary/aromatic N) is 4. The van der Waals surface area contributed by atoms with Gasteiger partial charge in [-0.05, 0) is 61.3 Å². The van der Waals surface area contributed by atoms with Crippen molar-refractivity contribution in [1.29, 1.82) is 0 Å². The second-order valence-corrected chi connectivity index (χ2v) is 8.03. The normalized spacial score (nSPS) is 12.0. The van der Waals surface area contributed by atoms with E-state index >= 15 is 0 Å². The first-order chi connectivity index (χ1) is 15.9. The maximum absolute atomic E-state index is 12.8. The molecule has 0 unspecified atom stereocenters. The molecule has 8 heteroatoms. The van der Waals surface area contributed by atoms with Crippen LogP contribution in [0.2, 0.25) is 0 Å². The van der Waals surface area contributed by atoms with Gasteiger partial charge in [0.05, 0.1) is 12.1 Å². The van der Waals surface area contributed by atoms with Crippen molar-refractivity contribution < 1.29 is 18.3 Å². The van der Waals surface area contributed by atoms with E-state index in [0.717, 1.165) is 73.5 Å². The fourth-order valence-electron chi connectivity index (χ4n) is 3.85. The predicted octanol–water partition coefficient (Wildman–Crippen LogP) is 5.17. The Bertz CT molecular complexity index is 994. The lowest BCUT2D eigenvalue weighted by atomic mass is 10.0. The van der Waals surface area contributed by atoms with Crippen LogP contribution in [-0.4, -0.2) is 44.4 Å². The van der Waals surface area contributed by atoms with Crippen LogP contribution in [0.1, 0.15) is 49.5 Å². The van der Waals surface area contributed by atoms with Gasteiger partial charge >= 0.3 is 6.18 Å². The van der Waals surface area contributed by atoms with E-state index in [0.29, 0.717) is 12.4 Å². The van der Waals surface area contributed by atoms with Gasteiger partial charge < -0.3 is 14.6 Å². The van der Waals surface area contributed by atoms with Gasteiger partial charge in [0.15, 0.2) is 5.82 Å². The van der Waals surface area contributed by atoms with E-state index in [1.807, 2.05) is 28.8 Å². The summed E-state index contributed by atoms with van der Waals surface area (Å²) in [7, 11) is 0. The second kappa shape index (κ2) is 11.4. The Kier molecular flexibility index (Phi) is 8.63. The van der Waals surface area contributed by atoms with Crippen LogP contribution in [0.3, 0.4) is 0 Å². The molecule has 1 heterocycles. The molecule has 0 saturated carbocycles. The lowest BCUT2D eigenvalue weighted by Crippen LogP contribution is -2.24. The molecule has 0 radical (unpaired) electrons. The summed E-state index contributed by atoms with van der Waals surface area (Å²) in [6, 6.07) is 12.8. The molecule has 0 amide bonds. The summed E-state index contributed by atoms with van der Waals surface area (Å²) < 4.78 is 40.3. The van der Waals surface area contributed by atoms with Crippen molar-refractivity contribution in [3.8, 4) is 11.1 Å². The third-order valence-electron chi connectivity index (χ3n) is 5.90. The summed E-state index contributed by atoms with van der Waals surface area (Å²) in [5.74, 6) is 1.38. The van der Waals surface area contributed by atoms with Crippen LogP contribution in [-0.2, 0) is 25.7 Å². The molecule has 3 aromatic rings. The average molecular weight is 461 g/mol. The Morgan fingerprint density at radius 1 is 0.848 bits per heavy atom. The quantitative estimate of drug-likeness (QED) is 0.401. The molecule has 0 spiro atoms. The summed E-state index contributed by atoms with van der Waals surface area (Å²) in [6.07, 6.45) is -1.48. The third kappa shape index (κ3) is 6.65. The van der Waals surface area contributed by atoms with Crippen LogP contribution in [0.5, 0.6) is 0 Å². The minimum absolute atomic E-state index is 0.184. The summed E-state index contributed by atoms with van der Waals surface area (Å²) >= 11 is 0. The molecule has 0 aliphatic rings. The summed E-state index contributed by atoms with van der Waals surface area (Å²) in [4.78, 5) is 2.39. The number of benzene rings is 2. The topological polar surface area (TPSA) is 54.2 Å². The molecule has 0 aliphatic carbocycles. The van der Waals surface area contributed by atoms with Gasteiger partial charge in [-0.2, -0.15) is 13.2 Å². The summed E-state index contributed by atoms with van der Waals surface area (Å²) in [5, 5.41) is 18.1. The molecule has 0 bridgehead atoms. The highest BCUT2D eigenvalue weighted by Crippen LogP contribution is 2.31. The molecule has 1 N–H and O–H groups in total. The number of unbranched alkanes of at least 4 members (excludes halogenated alkanes) is 1. The largest absolute Gasteiger partial charge is 0.416 e. The van der Waals surface area contributed by atoms with E-state index in [1.165, 1.54) is 12.1 Å². The first-order valence-electron chi connectivity index (χ1n) is 11.4. The predicted molar refractivity (Wildman–Crippen MR) is 123 cm³/mol. The number of aryl methyl sites for hydroxylation is 1. The van der Waals surface area contributed by atoms with E-state index in [1.54, 1.807) is 0 Å². The number of aliphatic hydroxyl groups is 1. The van der Waals surface area contributed by atoms with Crippen molar-refractivity contribution in [2.75, 3.05) is 19.6 Å². The molecular formula is C25H31F3N4O. The standard InChI is InChI=1S/C25H31F3N4O/c1-3-31(4-2)16-6-5-7-23-29-30-24(18-33)32(23)17-19-8-10-20(11-9-19)21-12-14-22(15-13-21)25(26,27)28/h8-15,33H,3-7,16-18H2,1-2H3. The Balaban J connectivity index is 1.66. The van der Waals surface area contributed by atoms with Crippen LogP contribution in [0.25, 0.3) is 11.1 Å². The molecule has 2 aromatic carbocycles. The molecule has 0 atom stereocenters. The van der Waals surface area contributed by atoms with Gasteiger partial charge in [-0.25, -0.2) is 0 Å². The van der Waals surface area contributed by atoms with Gasteiger partial charge in [-0.1, -0.05) is 50.2 Å². The summed E-state index contributed by atoms with van der Waals surface area (Å²) in [5.41, 5.74) is 1.92. The highest BCUT2D eigenvalue weighted by Gasteiger charge is 2.29. The molecule has 0 aliphatic heterocycles. The minimum atomic E-state index is -4.34. The van der Waals surface area contributed by atoms with Gasteiger partial charge in [-0.3, -0.25) is 0 Å². The van der Waals surface area contributed by atoms with E-state index in [4.69, 9.17) is 0 Å². The van der Waals surface area contributed by atoms with Crippen molar-refractivity contribution >= 4 is 0 Å². The molecule has 5 nitrogen and oxygen atoms in total. The number of hydrogen-bond donors (Lipinski definition) is 1. The highest BCUT2D eigenvalue weighted by atomic mass is 19.4. The zero-order valence-electron chi connectivity index (χ0n) is 19.1. The Hall–Kier alpha value is -2.71. The number of aliphatic hydroxyl groups excluding tert-OH is 1. The number of aromatic nitrogens is 3. The summed E-state index contributed by atoms with van der Waals surface area (Å²) in [6.45, 7) is 7.82. The minimum Gasteiger partial charge on any atom is -0.388 e. The van der Waals surface area contributed by atoms with E-state index in [-0.39, 0.29) is 6.61 Å².